The molecule has 1 aliphatic heterocycles. The normalized spacial score (nSPS) is 16.0. The van der Waals surface area contributed by atoms with Crippen molar-refractivity contribution in [1.29, 1.82) is 0 Å². The summed E-state index contributed by atoms with van der Waals surface area (Å²) >= 11 is 0. The topological polar surface area (TPSA) is 54.0 Å². The van der Waals surface area contributed by atoms with Gasteiger partial charge in [0, 0.05) is 6.20 Å². The number of benzene rings is 1. The second kappa shape index (κ2) is 7.10. The lowest BCUT2D eigenvalue weighted by Crippen LogP contribution is -2.42. The minimum Gasteiger partial charge on any atom is -0.461 e. The Labute approximate surface area is 137 Å². The van der Waals surface area contributed by atoms with Crippen molar-refractivity contribution in [2.75, 3.05) is 5.01 Å². The summed E-state index contributed by atoms with van der Waals surface area (Å²) in [5.41, 5.74) is 2.19. The molecule has 0 fully saturated rings. The first kappa shape index (κ1) is 18.1. The molecule has 132 valence electrons. The largest absolute Gasteiger partial charge is 0.461 e. The number of nitrogens with zero attached hydrogens (tertiary/aromatic N) is 2. The highest BCUT2D eigenvalue weighted by molar-refractivity contribution is 5.74. The molecule has 0 spiro atoms. The van der Waals surface area contributed by atoms with Crippen LogP contribution in [0.25, 0.3) is 0 Å². The molecular formula is C15H18F3N3O3. The van der Waals surface area contributed by atoms with E-state index in [2.05, 4.69) is 5.53 Å². The molecule has 6 nitrogen and oxygen atoms in total. The fraction of sp³-hybridized carbons (Fsp3) is 0.400. The molecule has 0 aromatic heterocycles. The van der Waals surface area contributed by atoms with Gasteiger partial charge in [-0.1, -0.05) is 6.07 Å². The number of alkyl halides is 3. The van der Waals surface area contributed by atoms with E-state index in [-0.39, 0.29) is 11.8 Å². The Bertz CT molecular complexity index is 619. The second-order valence-corrected chi connectivity index (χ2v) is 5.38. The van der Waals surface area contributed by atoms with Gasteiger partial charge in [-0.2, -0.15) is 18.3 Å². The molecule has 1 unspecified atom stereocenters. The van der Waals surface area contributed by atoms with E-state index in [1.54, 1.807) is 13.8 Å². The zero-order valence-electron chi connectivity index (χ0n) is 13.4. The summed E-state index contributed by atoms with van der Waals surface area (Å²) in [6, 6.07) is 4.80. The summed E-state index contributed by atoms with van der Waals surface area (Å²) in [5, 5.41) is 2.45. The van der Waals surface area contributed by atoms with Crippen LogP contribution in [-0.2, 0) is 20.5 Å². The zero-order chi connectivity index (χ0) is 17.9. The molecule has 1 aliphatic rings. The first-order valence-electron chi connectivity index (χ1n) is 7.24. The van der Waals surface area contributed by atoms with Gasteiger partial charge in [-0.15, -0.1) is 5.53 Å². The molecule has 1 N–H and O–H groups in total. The lowest BCUT2D eigenvalue weighted by Gasteiger charge is -2.24. The van der Waals surface area contributed by atoms with E-state index in [0.29, 0.717) is 0 Å². The van der Waals surface area contributed by atoms with E-state index in [1.165, 1.54) is 36.5 Å². The van der Waals surface area contributed by atoms with E-state index in [0.717, 1.165) is 17.3 Å². The monoisotopic (exact) mass is 345 g/mol. The van der Waals surface area contributed by atoms with Gasteiger partial charge in [-0.3, -0.25) is 5.01 Å². The minimum atomic E-state index is -4.43. The van der Waals surface area contributed by atoms with Gasteiger partial charge in [0.1, 0.15) is 0 Å². The molecule has 0 radical (unpaired) electrons. The molecule has 0 bridgehead atoms. The SMILES string of the molecule is CC(C)OC(=O)C(C)ON1C=CN(c2cccc(C(F)(F)F)c2)N1. The minimum absolute atomic E-state index is 0.268. The predicted octanol–water partition coefficient (Wildman–Crippen LogP) is 2.99. The molecule has 1 aromatic rings. The van der Waals surface area contributed by atoms with Crippen molar-refractivity contribution >= 4 is 11.7 Å². The quantitative estimate of drug-likeness (QED) is 0.828. The van der Waals surface area contributed by atoms with Gasteiger partial charge in [0.15, 0.2) is 6.10 Å². The number of hydrazine groups is 2. The summed E-state index contributed by atoms with van der Waals surface area (Å²) in [5.74, 6) is -0.544. The number of hydrogen-bond donors (Lipinski definition) is 1. The average Bonchev–Trinajstić information content (AvgIpc) is 2.94. The molecule has 0 aliphatic carbocycles. The van der Waals surface area contributed by atoms with Crippen LogP contribution in [0.15, 0.2) is 36.7 Å². The van der Waals surface area contributed by atoms with Crippen molar-refractivity contribution in [3.63, 3.8) is 0 Å². The maximum Gasteiger partial charge on any atom is 0.416 e. The summed E-state index contributed by atoms with van der Waals surface area (Å²) in [6.45, 7) is 4.94. The molecular weight excluding hydrogens is 327 g/mol. The van der Waals surface area contributed by atoms with Gasteiger partial charge in [-0.05, 0) is 39.0 Å². The summed E-state index contributed by atoms with van der Waals surface area (Å²) in [6.07, 6.45) is -2.68. The van der Waals surface area contributed by atoms with Crippen LogP contribution in [0, 0.1) is 0 Å². The smallest absolute Gasteiger partial charge is 0.416 e. The number of ether oxygens (including phenoxy) is 1. The second-order valence-electron chi connectivity index (χ2n) is 5.38. The summed E-state index contributed by atoms with van der Waals surface area (Å²) in [4.78, 5) is 17.0. The van der Waals surface area contributed by atoms with Crippen molar-refractivity contribution in [1.82, 2.24) is 10.7 Å². The maximum atomic E-state index is 12.8. The molecule has 1 heterocycles. The highest BCUT2D eigenvalue weighted by atomic mass is 19.4. The summed E-state index contributed by atoms with van der Waals surface area (Å²) < 4.78 is 43.3. The molecule has 1 aromatic carbocycles. The summed E-state index contributed by atoms with van der Waals surface area (Å²) in [7, 11) is 0. The highest BCUT2D eigenvalue weighted by Gasteiger charge is 2.31. The first-order chi connectivity index (χ1) is 11.2. The third-order valence-corrected chi connectivity index (χ3v) is 2.96. The third kappa shape index (κ3) is 4.62. The lowest BCUT2D eigenvalue weighted by atomic mass is 10.2. The van der Waals surface area contributed by atoms with Crippen LogP contribution >= 0.6 is 0 Å². The number of halogens is 3. The fourth-order valence-electron chi connectivity index (χ4n) is 1.88. The fourth-order valence-corrected chi connectivity index (χ4v) is 1.88. The van der Waals surface area contributed by atoms with Crippen LogP contribution in [0.5, 0.6) is 0 Å². The van der Waals surface area contributed by atoms with Crippen LogP contribution in [0.3, 0.4) is 0 Å². The third-order valence-electron chi connectivity index (χ3n) is 2.96. The zero-order valence-corrected chi connectivity index (χ0v) is 13.4. The maximum absolute atomic E-state index is 12.8. The van der Waals surface area contributed by atoms with Crippen LogP contribution in [0.4, 0.5) is 18.9 Å². The van der Waals surface area contributed by atoms with Gasteiger partial charge in [0.25, 0.3) is 0 Å². The van der Waals surface area contributed by atoms with Crippen molar-refractivity contribution < 1.29 is 27.5 Å². The van der Waals surface area contributed by atoms with Gasteiger partial charge in [-0.25, -0.2) is 9.63 Å². The van der Waals surface area contributed by atoms with Crippen molar-refractivity contribution in [2.24, 2.45) is 0 Å². The highest BCUT2D eigenvalue weighted by Crippen LogP contribution is 2.31. The molecule has 0 saturated heterocycles. The van der Waals surface area contributed by atoms with Gasteiger partial charge in [0.05, 0.1) is 23.6 Å². The van der Waals surface area contributed by atoms with Crippen LogP contribution < -0.4 is 10.5 Å². The number of hydrogen-bond acceptors (Lipinski definition) is 6. The van der Waals surface area contributed by atoms with Crippen LogP contribution in [0.1, 0.15) is 26.3 Å². The number of rotatable bonds is 5. The number of carbonyl (C=O) groups excluding carboxylic acids is 1. The molecule has 24 heavy (non-hydrogen) atoms. The molecule has 0 saturated carbocycles. The van der Waals surface area contributed by atoms with Crippen molar-refractivity contribution in [3.05, 3.63) is 42.2 Å². The van der Waals surface area contributed by atoms with E-state index in [4.69, 9.17) is 9.57 Å². The molecule has 1 atom stereocenters. The lowest BCUT2D eigenvalue weighted by molar-refractivity contribution is -0.207. The Balaban J connectivity index is 1.97. The van der Waals surface area contributed by atoms with Gasteiger partial charge >= 0.3 is 12.1 Å². The Morgan fingerprint density at radius 3 is 2.54 bits per heavy atom. The average molecular weight is 345 g/mol. The van der Waals surface area contributed by atoms with E-state index >= 15 is 0 Å². The molecule has 0 amide bonds. The van der Waals surface area contributed by atoms with E-state index < -0.39 is 23.8 Å². The number of esters is 1. The van der Waals surface area contributed by atoms with E-state index in [9.17, 15) is 18.0 Å². The van der Waals surface area contributed by atoms with Crippen LogP contribution in [-0.4, -0.2) is 23.3 Å². The number of carbonyl (C=O) groups is 1. The Morgan fingerprint density at radius 2 is 1.92 bits per heavy atom. The number of anilines is 1. The number of hydroxylamine groups is 1. The van der Waals surface area contributed by atoms with Gasteiger partial charge in [0.2, 0.25) is 0 Å². The number of nitrogens with one attached hydrogen (secondary N) is 1. The van der Waals surface area contributed by atoms with Gasteiger partial charge < -0.3 is 4.74 Å². The Kier molecular flexibility index (Phi) is 5.35. The predicted molar refractivity (Wildman–Crippen MR) is 79.8 cm³/mol. The Morgan fingerprint density at radius 1 is 1.21 bits per heavy atom. The molecule has 2 rings (SSSR count). The van der Waals surface area contributed by atoms with E-state index in [1.807, 2.05) is 0 Å². The standard InChI is InChI=1S/C15H18F3N3O3/c1-10(2)23-14(22)11(3)24-21-8-7-20(19-21)13-6-4-5-12(9-13)15(16,17)18/h4-11,19H,1-3H3. The van der Waals surface area contributed by atoms with Crippen molar-refractivity contribution in [3.8, 4) is 0 Å². The van der Waals surface area contributed by atoms with Crippen molar-refractivity contribution in [2.45, 2.75) is 39.2 Å². The Hall–Kier alpha value is -2.26. The van der Waals surface area contributed by atoms with Crippen LogP contribution in [0.2, 0.25) is 0 Å². The molecule has 9 heteroatoms. The first-order valence-corrected chi connectivity index (χ1v) is 7.24.